The van der Waals surface area contributed by atoms with Crippen LogP contribution in [0.2, 0.25) is 0 Å². The third-order valence-corrected chi connectivity index (χ3v) is 5.97. The number of amides is 1. The molecule has 28 heavy (non-hydrogen) atoms. The summed E-state index contributed by atoms with van der Waals surface area (Å²) in [5.41, 5.74) is 3.06. The molecule has 2 aliphatic rings. The highest BCUT2D eigenvalue weighted by atomic mass is 35.5. The maximum Gasteiger partial charge on any atom is 0.254 e. The number of carbonyl (C=O) groups is 1. The highest BCUT2D eigenvalue weighted by Gasteiger charge is 2.26. The highest BCUT2D eigenvalue weighted by molar-refractivity contribution is 5.95. The van der Waals surface area contributed by atoms with Crippen LogP contribution in [0.25, 0.3) is 0 Å². The molecule has 4 rings (SSSR count). The lowest BCUT2D eigenvalue weighted by atomic mass is 9.89. The third kappa shape index (κ3) is 4.65. The molecule has 2 aliphatic heterocycles. The van der Waals surface area contributed by atoms with Gasteiger partial charge in [0.2, 0.25) is 5.56 Å². The van der Waals surface area contributed by atoms with Gasteiger partial charge < -0.3 is 15.2 Å². The van der Waals surface area contributed by atoms with Crippen LogP contribution in [0.5, 0.6) is 0 Å². The van der Waals surface area contributed by atoms with E-state index in [0.29, 0.717) is 11.8 Å². The van der Waals surface area contributed by atoms with E-state index in [0.717, 1.165) is 56.6 Å². The summed E-state index contributed by atoms with van der Waals surface area (Å²) >= 11 is 0. The van der Waals surface area contributed by atoms with Crippen molar-refractivity contribution in [2.75, 3.05) is 26.2 Å². The van der Waals surface area contributed by atoms with Crippen molar-refractivity contribution in [1.29, 1.82) is 0 Å². The van der Waals surface area contributed by atoms with E-state index in [4.69, 9.17) is 0 Å². The maximum absolute atomic E-state index is 13.1. The number of aromatic amines is 1. The number of nitrogens with zero attached hydrogens (tertiary/aromatic N) is 1. The van der Waals surface area contributed by atoms with Gasteiger partial charge in [-0.2, -0.15) is 0 Å². The Hall–Kier alpha value is -2.11. The second kappa shape index (κ2) is 9.39. The van der Waals surface area contributed by atoms with E-state index < -0.39 is 0 Å². The zero-order valence-electron chi connectivity index (χ0n) is 16.0. The molecular formula is C22H28ClN3O2. The van der Waals surface area contributed by atoms with Gasteiger partial charge in [0.25, 0.3) is 5.91 Å². The number of hydrogen-bond donors (Lipinski definition) is 2. The molecule has 0 spiro atoms. The quantitative estimate of drug-likeness (QED) is 0.827. The minimum absolute atomic E-state index is 0. The standard InChI is InChI=1S/C22H27N3O2.ClH/c26-21-14-18(6-10-24-21)17-7-11-25(12-8-17)22(27)20-4-2-1-3-19(20)13-16-5-9-23-15-16;/h1-4,6,10,14,16-17,23H,5,7-9,11-13,15H2,(H,24,26);1H. The van der Waals surface area contributed by atoms with E-state index in [-0.39, 0.29) is 23.9 Å². The van der Waals surface area contributed by atoms with Crippen LogP contribution >= 0.6 is 12.4 Å². The Morgan fingerprint density at radius 3 is 2.61 bits per heavy atom. The summed E-state index contributed by atoms with van der Waals surface area (Å²) < 4.78 is 0. The van der Waals surface area contributed by atoms with Gasteiger partial charge in [-0.25, -0.2) is 0 Å². The molecule has 0 bridgehead atoms. The van der Waals surface area contributed by atoms with E-state index in [9.17, 15) is 9.59 Å². The first kappa shape index (κ1) is 20.6. The lowest BCUT2D eigenvalue weighted by Gasteiger charge is -2.32. The molecule has 2 N–H and O–H groups in total. The number of likely N-dealkylation sites (tertiary alicyclic amines) is 1. The van der Waals surface area contributed by atoms with Crippen molar-refractivity contribution in [2.45, 2.75) is 31.6 Å². The normalized spacial score (nSPS) is 20.0. The number of piperidine rings is 1. The second-order valence-corrected chi connectivity index (χ2v) is 7.77. The first-order valence-corrected chi connectivity index (χ1v) is 9.97. The summed E-state index contributed by atoms with van der Waals surface area (Å²) in [6.45, 7) is 3.62. The molecule has 2 saturated heterocycles. The van der Waals surface area contributed by atoms with Crippen LogP contribution in [0.1, 0.15) is 46.7 Å². The molecule has 1 aromatic heterocycles. The van der Waals surface area contributed by atoms with E-state index in [1.54, 1.807) is 12.3 Å². The largest absolute Gasteiger partial charge is 0.339 e. The van der Waals surface area contributed by atoms with Crippen molar-refractivity contribution < 1.29 is 4.79 Å². The van der Waals surface area contributed by atoms with Gasteiger partial charge in [-0.3, -0.25) is 9.59 Å². The number of aromatic nitrogens is 1. The Bertz CT molecular complexity index is 853. The fourth-order valence-electron chi connectivity index (χ4n) is 4.41. The zero-order chi connectivity index (χ0) is 18.6. The molecular weight excluding hydrogens is 374 g/mol. The smallest absolute Gasteiger partial charge is 0.254 e. The predicted octanol–water partition coefficient (Wildman–Crippen LogP) is 2.97. The summed E-state index contributed by atoms with van der Waals surface area (Å²) in [7, 11) is 0. The van der Waals surface area contributed by atoms with Crippen LogP contribution in [0.15, 0.2) is 47.4 Å². The number of pyridine rings is 1. The van der Waals surface area contributed by atoms with Crippen molar-refractivity contribution in [2.24, 2.45) is 5.92 Å². The molecule has 0 aliphatic carbocycles. The van der Waals surface area contributed by atoms with Crippen molar-refractivity contribution >= 4 is 18.3 Å². The highest BCUT2D eigenvalue weighted by Crippen LogP contribution is 2.28. The Balaban J connectivity index is 0.00000225. The average Bonchev–Trinajstić information content (AvgIpc) is 3.21. The van der Waals surface area contributed by atoms with Gasteiger partial charge >= 0.3 is 0 Å². The van der Waals surface area contributed by atoms with Crippen molar-refractivity contribution in [1.82, 2.24) is 15.2 Å². The van der Waals surface area contributed by atoms with Gasteiger partial charge in [0.15, 0.2) is 0 Å². The minimum Gasteiger partial charge on any atom is -0.339 e. The number of benzene rings is 1. The average molecular weight is 402 g/mol. The van der Waals surface area contributed by atoms with Gasteiger partial charge in [0, 0.05) is 30.9 Å². The van der Waals surface area contributed by atoms with Crippen LogP contribution in [0.4, 0.5) is 0 Å². The van der Waals surface area contributed by atoms with Gasteiger partial charge in [-0.1, -0.05) is 18.2 Å². The number of halogens is 1. The van der Waals surface area contributed by atoms with Gasteiger partial charge in [0.1, 0.15) is 0 Å². The molecule has 2 fully saturated rings. The topological polar surface area (TPSA) is 65.2 Å². The van der Waals surface area contributed by atoms with Crippen LogP contribution < -0.4 is 10.9 Å². The molecule has 6 heteroatoms. The number of hydrogen-bond acceptors (Lipinski definition) is 3. The zero-order valence-corrected chi connectivity index (χ0v) is 16.8. The maximum atomic E-state index is 13.1. The fourth-order valence-corrected chi connectivity index (χ4v) is 4.41. The molecule has 1 aromatic carbocycles. The lowest BCUT2D eigenvalue weighted by molar-refractivity contribution is 0.0711. The van der Waals surface area contributed by atoms with Crippen LogP contribution in [0.3, 0.4) is 0 Å². The number of carbonyl (C=O) groups excluding carboxylic acids is 1. The fraction of sp³-hybridized carbons (Fsp3) is 0.455. The molecule has 2 aromatic rings. The van der Waals surface area contributed by atoms with Crippen LogP contribution in [-0.2, 0) is 6.42 Å². The van der Waals surface area contributed by atoms with Crippen molar-refractivity contribution in [3.8, 4) is 0 Å². The Labute approximate surface area is 171 Å². The summed E-state index contributed by atoms with van der Waals surface area (Å²) in [4.78, 5) is 29.3. The molecule has 150 valence electrons. The van der Waals surface area contributed by atoms with E-state index >= 15 is 0 Å². The number of rotatable bonds is 4. The van der Waals surface area contributed by atoms with Gasteiger partial charge in [-0.15, -0.1) is 12.4 Å². The lowest BCUT2D eigenvalue weighted by Crippen LogP contribution is -2.38. The molecule has 3 heterocycles. The summed E-state index contributed by atoms with van der Waals surface area (Å²) in [6.07, 6.45) is 5.68. The molecule has 5 nitrogen and oxygen atoms in total. The van der Waals surface area contributed by atoms with Crippen molar-refractivity contribution in [3.63, 3.8) is 0 Å². The molecule has 0 radical (unpaired) electrons. The summed E-state index contributed by atoms with van der Waals surface area (Å²) in [5.74, 6) is 1.14. The molecule has 1 atom stereocenters. The minimum atomic E-state index is -0.0543. The SMILES string of the molecule is Cl.O=C(c1ccccc1CC1CCNC1)N1CCC(c2cc[nH]c(=O)c2)CC1. The monoisotopic (exact) mass is 401 g/mol. The Morgan fingerprint density at radius 1 is 1.11 bits per heavy atom. The first-order valence-electron chi connectivity index (χ1n) is 9.97. The van der Waals surface area contributed by atoms with Crippen molar-refractivity contribution in [3.05, 3.63) is 69.6 Å². The molecule has 0 saturated carbocycles. The summed E-state index contributed by atoms with van der Waals surface area (Å²) in [5, 5.41) is 3.41. The van der Waals surface area contributed by atoms with E-state index in [1.807, 2.05) is 29.2 Å². The molecule has 1 unspecified atom stereocenters. The van der Waals surface area contributed by atoms with Gasteiger partial charge in [0.05, 0.1) is 0 Å². The number of H-pyrrole nitrogens is 1. The van der Waals surface area contributed by atoms with E-state index in [2.05, 4.69) is 16.4 Å². The van der Waals surface area contributed by atoms with Gasteiger partial charge in [-0.05, 0) is 73.9 Å². The third-order valence-electron chi connectivity index (χ3n) is 5.97. The Morgan fingerprint density at radius 2 is 1.89 bits per heavy atom. The molecule has 1 amide bonds. The van der Waals surface area contributed by atoms with Crippen LogP contribution in [-0.4, -0.2) is 42.0 Å². The Kier molecular flexibility index (Phi) is 6.92. The predicted molar refractivity (Wildman–Crippen MR) is 113 cm³/mol. The van der Waals surface area contributed by atoms with E-state index in [1.165, 1.54) is 12.0 Å². The number of nitrogens with one attached hydrogen (secondary N) is 2. The summed E-state index contributed by atoms with van der Waals surface area (Å²) in [6, 6.07) is 11.7. The first-order chi connectivity index (χ1) is 13.2. The van der Waals surface area contributed by atoms with Crippen LogP contribution in [0, 0.1) is 5.92 Å². The second-order valence-electron chi connectivity index (χ2n) is 7.77.